The average Bonchev–Trinajstić information content (AvgIpc) is 3.07. The first-order chi connectivity index (χ1) is 11.7. The summed E-state index contributed by atoms with van der Waals surface area (Å²) in [5.41, 5.74) is 2.04. The number of Topliss-reactive ketones (excluding diaryl/α,β-unsaturated/α-hetero) is 2. The van der Waals surface area contributed by atoms with Crippen molar-refractivity contribution < 1.29 is 19.1 Å². The monoisotopic (exact) mass is 359 g/mol. The Bertz CT molecular complexity index is 857. The number of thiophene rings is 1. The highest BCUT2D eigenvalue weighted by molar-refractivity contribution is 7.12. The summed E-state index contributed by atoms with van der Waals surface area (Å²) in [5, 5.41) is 0. The Morgan fingerprint density at radius 3 is 2.40 bits per heavy atom. The predicted molar refractivity (Wildman–Crippen MR) is 98.2 cm³/mol. The minimum absolute atomic E-state index is 0.107. The number of aromatic amines is 1. The maximum absolute atomic E-state index is 12.5. The molecule has 5 nitrogen and oxygen atoms in total. The molecule has 0 aliphatic carbocycles. The number of rotatable bonds is 6. The topological polar surface area (TPSA) is 76.2 Å². The van der Waals surface area contributed by atoms with Crippen LogP contribution in [0.5, 0.6) is 0 Å². The summed E-state index contributed by atoms with van der Waals surface area (Å²) in [7, 11) is 0. The number of ether oxygens (including phenoxy) is 1. The van der Waals surface area contributed by atoms with Gasteiger partial charge in [-0.3, -0.25) is 9.59 Å². The van der Waals surface area contributed by atoms with Crippen LogP contribution >= 0.6 is 11.3 Å². The van der Waals surface area contributed by atoms with Crippen molar-refractivity contribution in [3.05, 3.63) is 50.5 Å². The van der Waals surface area contributed by atoms with Gasteiger partial charge in [-0.15, -0.1) is 11.3 Å². The van der Waals surface area contributed by atoms with Crippen molar-refractivity contribution >= 4 is 34.9 Å². The van der Waals surface area contributed by atoms with Crippen molar-refractivity contribution in [1.82, 2.24) is 4.98 Å². The first-order valence-electron chi connectivity index (χ1n) is 7.90. The summed E-state index contributed by atoms with van der Waals surface area (Å²) in [6, 6.07) is 3.87. The van der Waals surface area contributed by atoms with Crippen molar-refractivity contribution in [2.45, 2.75) is 40.7 Å². The Hall–Kier alpha value is -2.47. The molecule has 1 N–H and O–H groups in total. The zero-order valence-electron chi connectivity index (χ0n) is 14.9. The summed E-state index contributed by atoms with van der Waals surface area (Å²) in [4.78, 5) is 41.1. The Morgan fingerprint density at radius 2 is 1.88 bits per heavy atom. The summed E-state index contributed by atoms with van der Waals surface area (Å²) >= 11 is 1.56. The van der Waals surface area contributed by atoms with Gasteiger partial charge in [-0.1, -0.05) is 0 Å². The van der Waals surface area contributed by atoms with E-state index < -0.39 is 12.1 Å². The van der Waals surface area contributed by atoms with Crippen molar-refractivity contribution in [3.8, 4) is 0 Å². The van der Waals surface area contributed by atoms with Gasteiger partial charge in [0.25, 0.3) is 0 Å². The number of aromatic nitrogens is 1. The van der Waals surface area contributed by atoms with E-state index in [-0.39, 0.29) is 11.6 Å². The highest BCUT2D eigenvalue weighted by Gasteiger charge is 2.25. The highest BCUT2D eigenvalue weighted by atomic mass is 32.1. The first-order valence-corrected chi connectivity index (χ1v) is 8.71. The Balaban J connectivity index is 2.07. The van der Waals surface area contributed by atoms with Crippen LogP contribution in [0.3, 0.4) is 0 Å². The second-order valence-electron chi connectivity index (χ2n) is 5.91. The second-order valence-corrected chi connectivity index (χ2v) is 7.23. The van der Waals surface area contributed by atoms with Crippen molar-refractivity contribution in [2.75, 3.05) is 0 Å². The first kappa shape index (κ1) is 18.9. The number of carbonyl (C=O) groups excluding carboxylic acids is 3. The molecule has 2 heterocycles. The Morgan fingerprint density at radius 1 is 1.20 bits per heavy atom. The standard InChI is InChI=1S/C19H21NO4S/c1-10-6-7-15(25-10)8-9-16(22)24-14(5)19(23)18-11(2)17(13(4)21)12(3)20-18/h6-9,14,20H,1-5H3/b9-8+/t14-/m0/s1. The number of carbonyl (C=O) groups is 3. The number of esters is 1. The maximum Gasteiger partial charge on any atom is 0.331 e. The molecule has 6 heteroatoms. The van der Waals surface area contributed by atoms with Gasteiger partial charge in [-0.25, -0.2) is 4.79 Å². The van der Waals surface area contributed by atoms with E-state index in [2.05, 4.69) is 4.98 Å². The molecule has 0 radical (unpaired) electrons. The summed E-state index contributed by atoms with van der Waals surface area (Å²) in [6.07, 6.45) is 2.02. The second kappa shape index (κ2) is 7.61. The van der Waals surface area contributed by atoms with Gasteiger partial charge >= 0.3 is 5.97 Å². The van der Waals surface area contributed by atoms with E-state index in [1.165, 1.54) is 19.9 Å². The molecule has 0 bridgehead atoms. The van der Waals surface area contributed by atoms with Crippen LogP contribution < -0.4 is 0 Å². The van der Waals surface area contributed by atoms with Crippen molar-refractivity contribution in [2.24, 2.45) is 0 Å². The third-order valence-electron chi connectivity index (χ3n) is 3.84. The van der Waals surface area contributed by atoms with Gasteiger partial charge in [0.1, 0.15) is 0 Å². The molecule has 0 spiro atoms. The molecule has 0 aromatic carbocycles. The lowest BCUT2D eigenvalue weighted by Crippen LogP contribution is -2.24. The zero-order valence-corrected chi connectivity index (χ0v) is 15.7. The molecule has 25 heavy (non-hydrogen) atoms. The van der Waals surface area contributed by atoms with Gasteiger partial charge < -0.3 is 9.72 Å². The van der Waals surface area contributed by atoms with E-state index in [0.29, 0.717) is 22.5 Å². The maximum atomic E-state index is 12.5. The fourth-order valence-electron chi connectivity index (χ4n) is 2.69. The molecule has 2 aromatic heterocycles. The molecule has 0 saturated heterocycles. The quantitative estimate of drug-likeness (QED) is 0.480. The van der Waals surface area contributed by atoms with Gasteiger partial charge in [0.05, 0.1) is 5.69 Å². The number of hydrogen-bond acceptors (Lipinski definition) is 5. The number of aryl methyl sites for hydroxylation is 2. The molecule has 2 aromatic rings. The molecular weight excluding hydrogens is 338 g/mol. The van der Waals surface area contributed by atoms with E-state index in [4.69, 9.17) is 4.74 Å². The third kappa shape index (κ3) is 4.33. The van der Waals surface area contributed by atoms with Crippen LogP contribution in [0.4, 0.5) is 0 Å². The fourth-order valence-corrected chi connectivity index (χ4v) is 3.47. The van der Waals surface area contributed by atoms with Crippen LogP contribution in [0.1, 0.15) is 55.7 Å². The lowest BCUT2D eigenvalue weighted by Gasteiger charge is -2.10. The largest absolute Gasteiger partial charge is 0.451 e. The van der Waals surface area contributed by atoms with Crippen LogP contribution in [0.15, 0.2) is 18.2 Å². The Kier molecular flexibility index (Phi) is 5.74. The molecular formula is C19H21NO4S. The van der Waals surface area contributed by atoms with Gasteiger partial charge in [0.15, 0.2) is 11.9 Å². The van der Waals surface area contributed by atoms with E-state index in [0.717, 1.165) is 9.75 Å². The minimum atomic E-state index is -0.946. The van der Waals surface area contributed by atoms with E-state index in [9.17, 15) is 14.4 Å². The fraction of sp³-hybridized carbons (Fsp3) is 0.316. The van der Waals surface area contributed by atoms with Gasteiger partial charge in [-0.2, -0.15) is 0 Å². The number of ketones is 2. The van der Waals surface area contributed by atoms with E-state index >= 15 is 0 Å². The lowest BCUT2D eigenvalue weighted by atomic mass is 10.0. The molecule has 2 rings (SSSR count). The summed E-state index contributed by atoms with van der Waals surface area (Å²) in [6.45, 7) is 8.41. The normalized spacial score (nSPS) is 12.4. The predicted octanol–water partition coefficient (Wildman–Crippen LogP) is 4.03. The van der Waals surface area contributed by atoms with E-state index in [1.807, 2.05) is 19.1 Å². The number of hydrogen-bond donors (Lipinski definition) is 1. The molecule has 0 amide bonds. The van der Waals surface area contributed by atoms with E-state index in [1.54, 1.807) is 31.3 Å². The number of nitrogens with one attached hydrogen (secondary N) is 1. The SMILES string of the molecule is CC(=O)c1c(C)[nH]c(C(=O)[C@H](C)OC(=O)/C=C/c2ccc(C)s2)c1C. The molecule has 132 valence electrons. The Labute approximate surface area is 150 Å². The van der Waals surface area contributed by atoms with Crippen LogP contribution in [-0.4, -0.2) is 28.6 Å². The van der Waals surface area contributed by atoms with Gasteiger partial charge in [0, 0.05) is 27.1 Å². The third-order valence-corrected chi connectivity index (χ3v) is 4.81. The number of H-pyrrole nitrogens is 1. The molecule has 0 unspecified atom stereocenters. The lowest BCUT2D eigenvalue weighted by molar-refractivity contribution is -0.140. The molecule has 0 aliphatic heterocycles. The zero-order chi connectivity index (χ0) is 18.7. The van der Waals surface area contributed by atoms with Crippen LogP contribution in [0.25, 0.3) is 6.08 Å². The van der Waals surface area contributed by atoms with Gasteiger partial charge in [0.2, 0.25) is 5.78 Å². The highest BCUT2D eigenvalue weighted by Crippen LogP contribution is 2.21. The van der Waals surface area contributed by atoms with Crippen LogP contribution in [0.2, 0.25) is 0 Å². The minimum Gasteiger partial charge on any atom is -0.451 e. The summed E-state index contributed by atoms with van der Waals surface area (Å²) < 4.78 is 5.18. The molecule has 0 saturated carbocycles. The van der Waals surface area contributed by atoms with Gasteiger partial charge in [-0.05, 0) is 58.4 Å². The molecule has 0 fully saturated rings. The molecule has 1 atom stereocenters. The average molecular weight is 359 g/mol. The van der Waals surface area contributed by atoms with Crippen molar-refractivity contribution in [1.29, 1.82) is 0 Å². The van der Waals surface area contributed by atoms with Crippen molar-refractivity contribution in [3.63, 3.8) is 0 Å². The van der Waals surface area contributed by atoms with Crippen LogP contribution in [-0.2, 0) is 9.53 Å². The molecule has 0 aliphatic rings. The summed E-state index contributed by atoms with van der Waals surface area (Å²) in [5.74, 6) is -1.05. The van der Waals surface area contributed by atoms with Crippen LogP contribution in [0, 0.1) is 20.8 Å². The smallest absolute Gasteiger partial charge is 0.331 e.